The number of aryl methyl sites for hydroxylation is 1. The van der Waals surface area contributed by atoms with Crippen LogP contribution in [0, 0.1) is 0 Å². The zero-order chi connectivity index (χ0) is 7.23. The molecule has 0 fully saturated rings. The maximum Gasteiger partial charge on any atom is 0.106 e. The molecule has 0 unspecified atom stereocenters. The Bertz CT molecular complexity index is 187. The molecule has 1 rings (SSSR count). The third-order valence-corrected chi connectivity index (χ3v) is 1.34. The second-order valence-electron chi connectivity index (χ2n) is 2.14. The van der Waals surface area contributed by atoms with Crippen molar-refractivity contribution in [3.05, 3.63) is 30.4 Å². The van der Waals surface area contributed by atoms with Crippen molar-refractivity contribution in [1.82, 2.24) is 9.97 Å². The number of hydrogen-bond acceptors (Lipinski definition) is 1. The fourth-order valence-corrected chi connectivity index (χ4v) is 0.821. The molecule has 10 heavy (non-hydrogen) atoms. The molecule has 1 aromatic rings. The molecule has 0 aliphatic rings. The van der Waals surface area contributed by atoms with Gasteiger partial charge in [0.1, 0.15) is 5.82 Å². The van der Waals surface area contributed by atoms with Crippen molar-refractivity contribution in [2.75, 3.05) is 0 Å². The number of nitrogens with one attached hydrogen (secondary N) is 1. The van der Waals surface area contributed by atoms with Crippen LogP contribution in [-0.2, 0) is 6.42 Å². The Morgan fingerprint density at radius 1 is 1.70 bits per heavy atom. The van der Waals surface area contributed by atoms with Gasteiger partial charge in [-0.3, -0.25) is 0 Å². The quantitative estimate of drug-likeness (QED) is 0.632. The molecule has 0 saturated heterocycles. The Labute approximate surface area is 61.0 Å². The second-order valence-corrected chi connectivity index (χ2v) is 2.14. The van der Waals surface area contributed by atoms with Gasteiger partial charge in [-0.2, -0.15) is 0 Å². The normalized spacial score (nSPS) is 10.9. The van der Waals surface area contributed by atoms with Gasteiger partial charge < -0.3 is 4.98 Å². The van der Waals surface area contributed by atoms with Crippen LogP contribution in [0.1, 0.15) is 19.2 Å². The molecular weight excluding hydrogens is 124 g/mol. The van der Waals surface area contributed by atoms with Crippen LogP contribution in [0.3, 0.4) is 0 Å². The minimum absolute atomic E-state index is 1.01. The van der Waals surface area contributed by atoms with Gasteiger partial charge in [-0.05, 0) is 13.3 Å². The largest absolute Gasteiger partial charge is 0.349 e. The van der Waals surface area contributed by atoms with E-state index < -0.39 is 0 Å². The standard InChI is InChI=1S/C8H12N2/c1-2-3-4-5-8-9-6-7-10-8/h2-3,6-7H,4-5H2,1H3,(H,9,10)/b3-2+. The van der Waals surface area contributed by atoms with Gasteiger partial charge in [-0.1, -0.05) is 12.2 Å². The number of rotatable bonds is 3. The lowest BCUT2D eigenvalue weighted by atomic mass is 10.3. The van der Waals surface area contributed by atoms with Crippen molar-refractivity contribution < 1.29 is 0 Å². The van der Waals surface area contributed by atoms with Gasteiger partial charge in [-0.15, -0.1) is 0 Å². The Morgan fingerprint density at radius 3 is 3.20 bits per heavy atom. The first-order valence-corrected chi connectivity index (χ1v) is 3.53. The van der Waals surface area contributed by atoms with E-state index in [4.69, 9.17) is 0 Å². The van der Waals surface area contributed by atoms with Crippen molar-refractivity contribution >= 4 is 0 Å². The van der Waals surface area contributed by atoms with E-state index in [0.29, 0.717) is 0 Å². The lowest BCUT2D eigenvalue weighted by Gasteiger charge is -1.88. The van der Waals surface area contributed by atoms with Crippen LogP contribution >= 0.6 is 0 Å². The summed E-state index contributed by atoms with van der Waals surface area (Å²) < 4.78 is 0. The molecule has 0 aromatic carbocycles. The predicted octanol–water partition coefficient (Wildman–Crippen LogP) is 1.92. The summed E-state index contributed by atoms with van der Waals surface area (Å²) in [6.45, 7) is 2.03. The average Bonchev–Trinajstić information content (AvgIpc) is 2.41. The van der Waals surface area contributed by atoms with Crippen LogP contribution < -0.4 is 0 Å². The molecule has 1 aromatic heterocycles. The first-order chi connectivity index (χ1) is 4.93. The summed E-state index contributed by atoms with van der Waals surface area (Å²) in [6, 6.07) is 0. The Morgan fingerprint density at radius 2 is 2.60 bits per heavy atom. The monoisotopic (exact) mass is 136 g/mol. The van der Waals surface area contributed by atoms with Crippen LogP contribution in [-0.4, -0.2) is 9.97 Å². The maximum atomic E-state index is 4.10. The van der Waals surface area contributed by atoms with Crippen LogP contribution in [0.15, 0.2) is 24.5 Å². The van der Waals surface area contributed by atoms with E-state index in [1.165, 1.54) is 0 Å². The zero-order valence-electron chi connectivity index (χ0n) is 6.17. The summed E-state index contributed by atoms with van der Waals surface area (Å²) >= 11 is 0. The van der Waals surface area contributed by atoms with Crippen molar-refractivity contribution in [2.24, 2.45) is 0 Å². The zero-order valence-corrected chi connectivity index (χ0v) is 6.17. The van der Waals surface area contributed by atoms with E-state index in [-0.39, 0.29) is 0 Å². The molecule has 54 valence electrons. The first kappa shape index (κ1) is 7.06. The summed E-state index contributed by atoms with van der Waals surface area (Å²) in [6.07, 6.45) is 9.92. The second kappa shape index (κ2) is 3.88. The summed E-state index contributed by atoms with van der Waals surface area (Å²) in [5.74, 6) is 1.07. The van der Waals surface area contributed by atoms with Gasteiger partial charge in [-0.25, -0.2) is 4.98 Å². The molecule has 0 amide bonds. The summed E-state index contributed by atoms with van der Waals surface area (Å²) in [5.41, 5.74) is 0. The molecule has 0 saturated carbocycles. The summed E-state index contributed by atoms with van der Waals surface area (Å²) in [5, 5.41) is 0. The number of allylic oxidation sites excluding steroid dienone is 2. The molecule has 0 aliphatic carbocycles. The summed E-state index contributed by atoms with van der Waals surface area (Å²) in [4.78, 5) is 7.15. The average molecular weight is 136 g/mol. The molecule has 1 heterocycles. The highest BCUT2D eigenvalue weighted by Gasteiger charge is 1.89. The van der Waals surface area contributed by atoms with Crippen LogP contribution in [0.2, 0.25) is 0 Å². The number of aromatic amines is 1. The van der Waals surface area contributed by atoms with Gasteiger partial charge in [0.05, 0.1) is 0 Å². The van der Waals surface area contributed by atoms with Crippen molar-refractivity contribution in [2.45, 2.75) is 19.8 Å². The SMILES string of the molecule is C/C=C/CCc1ncc[nH]1. The lowest BCUT2D eigenvalue weighted by Crippen LogP contribution is -1.84. The van der Waals surface area contributed by atoms with Gasteiger partial charge in [0, 0.05) is 18.8 Å². The minimum Gasteiger partial charge on any atom is -0.349 e. The predicted molar refractivity (Wildman–Crippen MR) is 41.7 cm³/mol. The van der Waals surface area contributed by atoms with Crippen molar-refractivity contribution in [3.8, 4) is 0 Å². The van der Waals surface area contributed by atoms with Gasteiger partial charge >= 0.3 is 0 Å². The fourth-order valence-electron chi connectivity index (χ4n) is 0.821. The van der Waals surface area contributed by atoms with Gasteiger partial charge in [0.15, 0.2) is 0 Å². The van der Waals surface area contributed by atoms with Crippen LogP contribution in [0.5, 0.6) is 0 Å². The van der Waals surface area contributed by atoms with Gasteiger partial charge in [0.25, 0.3) is 0 Å². The number of hydrogen-bond donors (Lipinski definition) is 1. The highest BCUT2D eigenvalue weighted by molar-refractivity contribution is 4.90. The Kier molecular flexibility index (Phi) is 2.74. The third kappa shape index (κ3) is 2.05. The molecule has 0 radical (unpaired) electrons. The van der Waals surface area contributed by atoms with E-state index in [1.54, 1.807) is 6.20 Å². The number of aromatic nitrogens is 2. The fraction of sp³-hybridized carbons (Fsp3) is 0.375. The highest BCUT2D eigenvalue weighted by atomic mass is 14.9. The molecule has 2 heteroatoms. The third-order valence-electron chi connectivity index (χ3n) is 1.34. The highest BCUT2D eigenvalue weighted by Crippen LogP contribution is 1.94. The number of nitrogens with zero attached hydrogens (tertiary/aromatic N) is 1. The number of imidazole rings is 1. The Hall–Kier alpha value is -1.05. The van der Waals surface area contributed by atoms with Crippen LogP contribution in [0.25, 0.3) is 0 Å². The van der Waals surface area contributed by atoms with E-state index in [9.17, 15) is 0 Å². The van der Waals surface area contributed by atoms with E-state index in [2.05, 4.69) is 22.1 Å². The smallest absolute Gasteiger partial charge is 0.106 e. The topological polar surface area (TPSA) is 28.7 Å². The molecule has 1 N–H and O–H groups in total. The molecule has 0 bridgehead atoms. The van der Waals surface area contributed by atoms with Crippen molar-refractivity contribution in [3.63, 3.8) is 0 Å². The molecule has 2 nitrogen and oxygen atoms in total. The van der Waals surface area contributed by atoms with E-state index in [0.717, 1.165) is 18.7 Å². The van der Waals surface area contributed by atoms with E-state index in [1.807, 2.05) is 13.1 Å². The van der Waals surface area contributed by atoms with Gasteiger partial charge in [0.2, 0.25) is 0 Å². The number of H-pyrrole nitrogens is 1. The lowest BCUT2D eigenvalue weighted by molar-refractivity contribution is 0.909. The molecule has 0 atom stereocenters. The molecular formula is C8H12N2. The minimum atomic E-state index is 1.01. The van der Waals surface area contributed by atoms with E-state index >= 15 is 0 Å². The first-order valence-electron chi connectivity index (χ1n) is 3.53. The van der Waals surface area contributed by atoms with Crippen LogP contribution in [0.4, 0.5) is 0 Å². The Balaban J connectivity index is 2.28. The molecule has 0 spiro atoms. The summed E-state index contributed by atoms with van der Waals surface area (Å²) in [7, 11) is 0. The molecule has 0 aliphatic heterocycles. The van der Waals surface area contributed by atoms with Crippen molar-refractivity contribution in [1.29, 1.82) is 0 Å². The maximum absolute atomic E-state index is 4.10.